The number of rotatable bonds is 5. The monoisotopic (exact) mass is 302 g/mol. The van der Waals surface area contributed by atoms with Gasteiger partial charge < -0.3 is 15.4 Å². The molecule has 1 aliphatic rings. The van der Waals surface area contributed by atoms with E-state index in [1.165, 1.54) is 18.2 Å². The van der Waals surface area contributed by atoms with Crippen molar-refractivity contribution in [1.82, 2.24) is 5.32 Å². The second kappa shape index (κ2) is 6.80. The van der Waals surface area contributed by atoms with Crippen molar-refractivity contribution in [2.45, 2.75) is 38.1 Å². The van der Waals surface area contributed by atoms with Gasteiger partial charge in [-0.2, -0.15) is 0 Å². The van der Waals surface area contributed by atoms with Gasteiger partial charge in [0, 0.05) is 17.8 Å². The predicted molar refractivity (Wildman–Crippen MR) is 72.0 cm³/mol. The molecule has 1 aliphatic carbocycles. The summed E-state index contributed by atoms with van der Waals surface area (Å²) in [6, 6.07) is 5.58. The van der Waals surface area contributed by atoms with Crippen molar-refractivity contribution in [3.63, 3.8) is 0 Å². The Balaban J connectivity index is 1.83. The number of hydrogen-bond donors (Lipinski definition) is 2. The highest BCUT2D eigenvalue weighted by molar-refractivity contribution is 5.92. The molecule has 1 saturated carbocycles. The maximum atomic E-state index is 12.1. The zero-order valence-corrected chi connectivity index (χ0v) is 11.4. The Hall–Kier alpha value is -1.76. The van der Waals surface area contributed by atoms with Gasteiger partial charge in [0.1, 0.15) is 5.75 Å². The first kappa shape index (κ1) is 15.6. The SMILES string of the molecule is O=C(CNC1CCCC1)Nc1cccc(OC(F)(F)F)c1. The van der Waals surface area contributed by atoms with Crippen LogP contribution in [0.4, 0.5) is 18.9 Å². The van der Waals surface area contributed by atoms with Crippen LogP contribution in [0.5, 0.6) is 5.75 Å². The van der Waals surface area contributed by atoms with Crippen LogP contribution in [0.2, 0.25) is 0 Å². The summed E-state index contributed by atoms with van der Waals surface area (Å²) in [6.07, 6.45) is -0.302. The fourth-order valence-corrected chi connectivity index (χ4v) is 2.34. The van der Waals surface area contributed by atoms with Crippen molar-refractivity contribution in [1.29, 1.82) is 0 Å². The molecule has 2 N–H and O–H groups in total. The van der Waals surface area contributed by atoms with Crippen LogP contribution in [0.15, 0.2) is 24.3 Å². The lowest BCUT2D eigenvalue weighted by Crippen LogP contribution is -2.34. The summed E-state index contributed by atoms with van der Waals surface area (Å²) in [5.74, 6) is -0.643. The van der Waals surface area contributed by atoms with Crippen LogP contribution in [0.1, 0.15) is 25.7 Å². The van der Waals surface area contributed by atoms with Gasteiger partial charge in [-0.25, -0.2) is 0 Å². The van der Waals surface area contributed by atoms with Gasteiger partial charge in [0.15, 0.2) is 0 Å². The normalized spacial score (nSPS) is 16.0. The molecule has 7 heteroatoms. The van der Waals surface area contributed by atoms with Crippen LogP contribution in [-0.2, 0) is 4.79 Å². The summed E-state index contributed by atoms with van der Waals surface area (Å²) >= 11 is 0. The minimum atomic E-state index is -4.74. The molecule has 0 aromatic heterocycles. The van der Waals surface area contributed by atoms with Crippen LogP contribution in [0.25, 0.3) is 0 Å². The third-order valence-corrected chi connectivity index (χ3v) is 3.26. The van der Waals surface area contributed by atoms with Crippen LogP contribution in [0, 0.1) is 0 Å². The molecule has 2 rings (SSSR count). The van der Waals surface area contributed by atoms with E-state index in [4.69, 9.17) is 0 Å². The lowest BCUT2D eigenvalue weighted by molar-refractivity contribution is -0.274. The maximum Gasteiger partial charge on any atom is 0.573 e. The first-order chi connectivity index (χ1) is 9.92. The summed E-state index contributed by atoms with van der Waals surface area (Å²) in [5, 5.41) is 5.67. The molecule has 0 radical (unpaired) electrons. The average molecular weight is 302 g/mol. The van der Waals surface area contributed by atoms with E-state index in [9.17, 15) is 18.0 Å². The van der Waals surface area contributed by atoms with Crippen molar-refractivity contribution in [3.05, 3.63) is 24.3 Å². The van der Waals surface area contributed by atoms with E-state index in [0.717, 1.165) is 31.7 Å². The summed E-state index contributed by atoms with van der Waals surface area (Å²) in [4.78, 5) is 11.7. The Labute approximate surface area is 120 Å². The van der Waals surface area contributed by atoms with Gasteiger partial charge in [-0.1, -0.05) is 18.9 Å². The predicted octanol–water partition coefficient (Wildman–Crippen LogP) is 3.06. The van der Waals surface area contributed by atoms with Crippen LogP contribution >= 0.6 is 0 Å². The van der Waals surface area contributed by atoms with Gasteiger partial charge in [-0.15, -0.1) is 13.2 Å². The van der Waals surface area contributed by atoms with Crippen molar-refractivity contribution >= 4 is 11.6 Å². The fourth-order valence-electron chi connectivity index (χ4n) is 2.34. The average Bonchev–Trinajstić information content (AvgIpc) is 2.87. The molecule has 4 nitrogen and oxygen atoms in total. The number of carbonyl (C=O) groups excluding carboxylic acids is 1. The molecule has 0 bridgehead atoms. The lowest BCUT2D eigenvalue weighted by Gasteiger charge is -2.13. The number of nitrogens with one attached hydrogen (secondary N) is 2. The highest BCUT2D eigenvalue weighted by Crippen LogP contribution is 2.25. The number of ether oxygens (including phenoxy) is 1. The van der Waals surface area contributed by atoms with E-state index in [0.29, 0.717) is 6.04 Å². The highest BCUT2D eigenvalue weighted by Gasteiger charge is 2.31. The lowest BCUT2D eigenvalue weighted by atomic mass is 10.2. The van der Waals surface area contributed by atoms with E-state index in [1.807, 2.05) is 0 Å². The summed E-state index contributed by atoms with van der Waals surface area (Å²) in [6.45, 7) is 0.148. The molecule has 0 saturated heterocycles. The van der Waals surface area contributed by atoms with E-state index in [-0.39, 0.29) is 23.9 Å². The number of amides is 1. The largest absolute Gasteiger partial charge is 0.573 e. The number of hydrogen-bond acceptors (Lipinski definition) is 3. The number of alkyl halides is 3. The smallest absolute Gasteiger partial charge is 0.406 e. The molecular weight excluding hydrogens is 285 g/mol. The van der Waals surface area contributed by atoms with E-state index >= 15 is 0 Å². The zero-order chi connectivity index (χ0) is 15.3. The third-order valence-electron chi connectivity index (χ3n) is 3.26. The van der Waals surface area contributed by atoms with Crippen LogP contribution < -0.4 is 15.4 Å². The standard InChI is InChI=1S/C14H17F3N2O2/c15-14(16,17)21-12-7-3-6-11(8-12)19-13(20)9-18-10-4-1-2-5-10/h3,6-8,10,18H,1-2,4-5,9H2,(H,19,20). The Morgan fingerprint density at radius 2 is 2.00 bits per heavy atom. The van der Waals surface area contributed by atoms with Crippen molar-refractivity contribution in [2.75, 3.05) is 11.9 Å². The molecule has 1 fully saturated rings. The second-order valence-corrected chi connectivity index (χ2v) is 4.99. The molecule has 0 spiro atoms. The van der Waals surface area contributed by atoms with Gasteiger partial charge in [0.05, 0.1) is 6.54 Å². The number of benzene rings is 1. The molecule has 21 heavy (non-hydrogen) atoms. The van der Waals surface area contributed by atoms with E-state index in [1.54, 1.807) is 0 Å². The molecule has 1 amide bonds. The van der Waals surface area contributed by atoms with Gasteiger partial charge in [-0.3, -0.25) is 4.79 Å². The summed E-state index contributed by atoms with van der Waals surface area (Å²) in [7, 11) is 0. The van der Waals surface area contributed by atoms with E-state index in [2.05, 4.69) is 15.4 Å². The Morgan fingerprint density at radius 1 is 1.29 bits per heavy atom. The molecule has 0 aliphatic heterocycles. The first-order valence-electron chi connectivity index (χ1n) is 6.81. The minimum Gasteiger partial charge on any atom is -0.406 e. The number of anilines is 1. The zero-order valence-electron chi connectivity index (χ0n) is 11.4. The fraction of sp³-hybridized carbons (Fsp3) is 0.500. The summed E-state index contributed by atoms with van der Waals surface area (Å²) < 4.78 is 40.1. The van der Waals surface area contributed by atoms with E-state index < -0.39 is 6.36 Å². The van der Waals surface area contributed by atoms with Gasteiger partial charge in [0.25, 0.3) is 0 Å². The van der Waals surface area contributed by atoms with Gasteiger partial charge in [0.2, 0.25) is 5.91 Å². The van der Waals surface area contributed by atoms with Crippen molar-refractivity contribution in [3.8, 4) is 5.75 Å². The van der Waals surface area contributed by atoms with Crippen LogP contribution in [0.3, 0.4) is 0 Å². The second-order valence-electron chi connectivity index (χ2n) is 4.99. The molecule has 1 aromatic carbocycles. The minimum absolute atomic E-state index is 0.148. The summed E-state index contributed by atoms with van der Waals surface area (Å²) in [5.41, 5.74) is 0.273. The molecular formula is C14H17F3N2O2. The topological polar surface area (TPSA) is 50.4 Å². The Bertz CT molecular complexity index is 485. The van der Waals surface area contributed by atoms with Crippen molar-refractivity contribution < 1.29 is 22.7 Å². The molecule has 116 valence electrons. The van der Waals surface area contributed by atoms with Crippen LogP contribution in [-0.4, -0.2) is 24.9 Å². The van der Waals surface area contributed by atoms with Crippen molar-refractivity contribution in [2.24, 2.45) is 0 Å². The number of carbonyl (C=O) groups is 1. The Kier molecular flexibility index (Phi) is 5.06. The molecule has 0 heterocycles. The quantitative estimate of drug-likeness (QED) is 0.879. The molecule has 0 atom stereocenters. The third kappa shape index (κ3) is 5.63. The highest BCUT2D eigenvalue weighted by atomic mass is 19.4. The maximum absolute atomic E-state index is 12.1. The van der Waals surface area contributed by atoms with Gasteiger partial charge >= 0.3 is 6.36 Å². The Morgan fingerprint density at radius 3 is 2.67 bits per heavy atom. The number of halogens is 3. The molecule has 1 aromatic rings. The first-order valence-corrected chi connectivity index (χ1v) is 6.81. The van der Waals surface area contributed by atoms with Gasteiger partial charge in [-0.05, 0) is 25.0 Å². The molecule has 0 unspecified atom stereocenters.